The summed E-state index contributed by atoms with van der Waals surface area (Å²) in [5.74, 6) is 0.248. The van der Waals surface area contributed by atoms with Gasteiger partial charge < -0.3 is 15.4 Å². The molecule has 0 heterocycles. The molecule has 0 aliphatic heterocycles. The topological polar surface area (TPSA) is 67.4 Å². The van der Waals surface area contributed by atoms with Crippen molar-refractivity contribution in [3.8, 4) is 5.75 Å². The predicted octanol–water partition coefficient (Wildman–Crippen LogP) is 3.09. The van der Waals surface area contributed by atoms with E-state index in [9.17, 15) is 9.59 Å². The van der Waals surface area contributed by atoms with Crippen LogP contribution >= 0.6 is 0 Å². The van der Waals surface area contributed by atoms with E-state index in [1.54, 1.807) is 6.08 Å². The third kappa shape index (κ3) is 6.43. The average molecular weight is 352 g/mol. The number of hydrogen-bond donors (Lipinski definition) is 2. The Labute approximate surface area is 154 Å². The highest BCUT2D eigenvalue weighted by Crippen LogP contribution is 2.17. The molecule has 0 aliphatic rings. The summed E-state index contributed by atoms with van der Waals surface area (Å²) >= 11 is 0. The smallest absolute Gasteiger partial charge is 0.244 e. The van der Waals surface area contributed by atoms with Gasteiger partial charge in [0, 0.05) is 6.08 Å². The van der Waals surface area contributed by atoms with Crippen LogP contribution in [-0.2, 0) is 9.59 Å². The van der Waals surface area contributed by atoms with Gasteiger partial charge in [-0.25, -0.2) is 0 Å². The molecule has 1 atom stereocenters. The zero-order chi connectivity index (χ0) is 18.8. The molecule has 1 unspecified atom stereocenters. The quantitative estimate of drug-likeness (QED) is 0.718. The van der Waals surface area contributed by atoms with Crippen molar-refractivity contribution in [1.82, 2.24) is 10.6 Å². The molecule has 5 heteroatoms. The van der Waals surface area contributed by atoms with Gasteiger partial charge in [-0.1, -0.05) is 42.5 Å². The summed E-state index contributed by atoms with van der Waals surface area (Å²) in [5, 5.41) is 5.44. The van der Waals surface area contributed by atoms with E-state index in [0.29, 0.717) is 6.61 Å². The molecule has 2 amide bonds. The van der Waals surface area contributed by atoms with Crippen LogP contribution in [0.15, 0.2) is 60.7 Å². The molecule has 0 saturated heterocycles. The minimum Gasteiger partial charge on any atom is -0.494 e. The molecule has 0 saturated carbocycles. The van der Waals surface area contributed by atoms with Gasteiger partial charge in [-0.15, -0.1) is 0 Å². The zero-order valence-electron chi connectivity index (χ0n) is 15.1. The van der Waals surface area contributed by atoms with Gasteiger partial charge in [0.2, 0.25) is 11.8 Å². The standard InChI is InChI=1S/C21H24N2O3/c1-3-26-19-12-10-18(11-13-19)16(2)23-21(25)15-22-20(24)14-9-17-7-5-4-6-8-17/h4-14,16H,3,15H2,1-2H3,(H,22,24)(H,23,25)/b14-9+. The molecule has 26 heavy (non-hydrogen) atoms. The van der Waals surface area contributed by atoms with Crippen molar-refractivity contribution in [3.05, 3.63) is 71.8 Å². The number of rotatable bonds is 8. The number of carbonyl (C=O) groups is 2. The van der Waals surface area contributed by atoms with Gasteiger partial charge in [-0.2, -0.15) is 0 Å². The molecule has 136 valence electrons. The van der Waals surface area contributed by atoms with Crippen LogP contribution in [0.2, 0.25) is 0 Å². The number of amides is 2. The SMILES string of the molecule is CCOc1ccc(C(C)NC(=O)CNC(=O)/C=C/c2ccccc2)cc1. The highest BCUT2D eigenvalue weighted by atomic mass is 16.5. The lowest BCUT2D eigenvalue weighted by Gasteiger charge is -2.15. The molecule has 2 rings (SSSR count). The third-order valence-corrected chi connectivity index (χ3v) is 3.72. The summed E-state index contributed by atoms with van der Waals surface area (Å²) in [7, 11) is 0. The van der Waals surface area contributed by atoms with E-state index in [4.69, 9.17) is 4.74 Å². The lowest BCUT2D eigenvalue weighted by atomic mass is 10.1. The Morgan fingerprint density at radius 1 is 1.08 bits per heavy atom. The van der Waals surface area contributed by atoms with Crippen molar-refractivity contribution in [1.29, 1.82) is 0 Å². The molecule has 0 spiro atoms. The lowest BCUT2D eigenvalue weighted by molar-refractivity contribution is -0.124. The first kappa shape index (κ1) is 19.2. The van der Waals surface area contributed by atoms with Crippen molar-refractivity contribution in [3.63, 3.8) is 0 Å². The van der Waals surface area contributed by atoms with Crippen LogP contribution in [0, 0.1) is 0 Å². The van der Waals surface area contributed by atoms with Crippen LogP contribution in [0.25, 0.3) is 6.08 Å². The Morgan fingerprint density at radius 3 is 2.42 bits per heavy atom. The largest absolute Gasteiger partial charge is 0.494 e. The zero-order valence-corrected chi connectivity index (χ0v) is 15.1. The number of carbonyl (C=O) groups excluding carboxylic acids is 2. The Kier molecular flexibility index (Phi) is 7.43. The van der Waals surface area contributed by atoms with Gasteiger partial charge >= 0.3 is 0 Å². The van der Waals surface area contributed by atoms with Gasteiger partial charge in [-0.05, 0) is 43.2 Å². The summed E-state index contributed by atoms with van der Waals surface area (Å²) in [4.78, 5) is 23.8. The van der Waals surface area contributed by atoms with Gasteiger partial charge in [0.05, 0.1) is 19.2 Å². The molecule has 0 aliphatic carbocycles. The molecule has 0 bridgehead atoms. The highest BCUT2D eigenvalue weighted by molar-refractivity contribution is 5.94. The molecule has 0 fully saturated rings. The minimum absolute atomic E-state index is 0.0701. The maximum Gasteiger partial charge on any atom is 0.244 e. The van der Waals surface area contributed by atoms with Gasteiger partial charge in [-0.3, -0.25) is 9.59 Å². The number of benzene rings is 2. The lowest BCUT2D eigenvalue weighted by Crippen LogP contribution is -2.37. The van der Waals surface area contributed by atoms with Crippen molar-refractivity contribution in [2.45, 2.75) is 19.9 Å². The Bertz CT molecular complexity index is 740. The van der Waals surface area contributed by atoms with E-state index >= 15 is 0 Å². The van der Waals surface area contributed by atoms with E-state index in [1.165, 1.54) is 6.08 Å². The first-order chi connectivity index (χ1) is 12.6. The first-order valence-electron chi connectivity index (χ1n) is 8.61. The number of ether oxygens (including phenoxy) is 1. The van der Waals surface area contributed by atoms with Crippen LogP contribution in [0.3, 0.4) is 0 Å². The Hall–Kier alpha value is -3.08. The monoisotopic (exact) mass is 352 g/mol. The van der Waals surface area contributed by atoms with E-state index in [2.05, 4.69) is 10.6 Å². The maximum absolute atomic E-state index is 12.0. The van der Waals surface area contributed by atoms with Crippen LogP contribution in [0.1, 0.15) is 31.0 Å². The third-order valence-electron chi connectivity index (χ3n) is 3.72. The second-order valence-electron chi connectivity index (χ2n) is 5.75. The molecular weight excluding hydrogens is 328 g/mol. The first-order valence-corrected chi connectivity index (χ1v) is 8.61. The maximum atomic E-state index is 12.0. The molecule has 0 radical (unpaired) electrons. The number of nitrogens with one attached hydrogen (secondary N) is 2. The fraction of sp³-hybridized carbons (Fsp3) is 0.238. The average Bonchev–Trinajstić information content (AvgIpc) is 2.66. The van der Waals surface area contributed by atoms with Gasteiger partial charge in [0.25, 0.3) is 0 Å². The predicted molar refractivity (Wildman–Crippen MR) is 103 cm³/mol. The fourth-order valence-electron chi connectivity index (χ4n) is 2.36. The minimum atomic E-state index is -0.308. The summed E-state index contributed by atoms with van der Waals surface area (Å²) < 4.78 is 5.40. The van der Waals surface area contributed by atoms with Crippen LogP contribution in [-0.4, -0.2) is 25.0 Å². The summed E-state index contributed by atoms with van der Waals surface area (Å²) in [5.41, 5.74) is 1.90. The molecular formula is C21H24N2O3. The fourth-order valence-corrected chi connectivity index (χ4v) is 2.36. The van der Waals surface area contributed by atoms with E-state index in [0.717, 1.165) is 16.9 Å². The second-order valence-corrected chi connectivity index (χ2v) is 5.75. The second kappa shape index (κ2) is 10.0. The molecule has 2 N–H and O–H groups in total. The van der Waals surface area contributed by atoms with Crippen LogP contribution in [0.5, 0.6) is 5.75 Å². The Morgan fingerprint density at radius 2 is 1.77 bits per heavy atom. The van der Waals surface area contributed by atoms with Crippen molar-refractivity contribution < 1.29 is 14.3 Å². The normalized spacial score (nSPS) is 11.8. The molecule has 2 aromatic rings. The summed E-state index contributed by atoms with van der Waals surface area (Å²) in [6, 6.07) is 16.9. The molecule has 2 aromatic carbocycles. The van der Waals surface area contributed by atoms with Gasteiger partial charge in [0.15, 0.2) is 0 Å². The highest BCUT2D eigenvalue weighted by Gasteiger charge is 2.10. The van der Waals surface area contributed by atoms with Crippen LogP contribution < -0.4 is 15.4 Å². The van der Waals surface area contributed by atoms with Crippen molar-refractivity contribution in [2.75, 3.05) is 13.2 Å². The summed E-state index contributed by atoms with van der Waals surface area (Å²) in [6.45, 7) is 4.37. The summed E-state index contributed by atoms with van der Waals surface area (Å²) in [6.07, 6.45) is 3.12. The van der Waals surface area contributed by atoms with E-state index in [-0.39, 0.29) is 24.4 Å². The molecule has 5 nitrogen and oxygen atoms in total. The Balaban J connectivity index is 1.77. The van der Waals surface area contributed by atoms with E-state index in [1.807, 2.05) is 68.4 Å². The van der Waals surface area contributed by atoms with E-state index < -0.39 is 0 Å². The van der Waals surface area contributed by atoms with Gasteiger partial charge in [0.1, 0.15) is 5.75 Å². The molecule has 0 aromatic heterocycles. The van der Waals surface area contributed by atoms with Crippen molar-refractivity contribution in [2.24, 2.45) is 0 Å². The van der Waals surface area contributed by atoms with Crippen LogP contribution in [0.4, 0.5) is 0 Å². The number of hydrogen-bond acceptors (Lipinski definition) is 3. The van der Waals surface area contributed by atoms with Crippen molar-refractivity contribution >= 4 is 17.9 Å².